The molecule has 25 heavy (non-hydrogen) atoms. The molecule has 6 heteroatoms. The van der Waals surface area contributed by atoms with Crippen LogP contribution in [0.1, 0.15) is 28.4 Å². The predicted molar refractivity (Wildman–Crippen MR) is 94.1 cm³/mol. The van der Waals surface area contributed by atoms with Crippen molar-refractivity contribution in [2.45, 2.75) is 20.0 Å². The van der Waals surface area contributed by atoms with Crippen molar-refractivity contribution < 1.29 is 24.2 Å². The van der Waals surface area contributed by atoms with Gasteiger partial charge in [0.2, 0.25) is 0 Å². The summed E-state index contributed by atoms with van der Waals surface area (Å²) in [6, 6.07) is 12.1. The molecule has 6 nitrogen and oxygen atoms in total. The van der Waals surface area contributed by atoms with E-state index in [1.165, 1.54) is 19.2 Å². The number of hydrogen-bond acceptors (Lipinski definition) is 4. The number of anilines is 1. The van der Waals surface area contributed by atoms with Gasteiger partial charge in [-0.25, -0.2) is 4.79 Å². The number of carbonyl (C=O) groups excluding carboxylic acids is 1. The molecule has 0 atom stereocenters. The highest BCUT2D eigenvalue weighted by molar-refractivity contribution is 5.94. The Labute approximate surface area is 146 Å². The number of hydrogen-bond donors (Lipinski definition) is 2. The lowest BCUT2D eigenvalue weighted by molar-refractivity contribution is -0.118. The van der Waals surface area contributed by atoms with Crippen molar-refractivity contribution >= 4 is 17.6 Å². The lowest BCUT2D eigenvalue weighted by atomic mass is 10.1. The molecule has 0 fully saturated rings. The van der Waals surface area contributed by atoms with Gasteiger partial charge in [-0.05, 0) is 41.8 Å². The molecule has 0 spiro atoms. The summed E-state index contributed by atoms with van der Waals surface area (Å²) < 4.78 is 10.6. The maximum atomic E-state index is 12.1. The summed E-state index contributed by atoms with van der Waals surface area (Å²) in [5.41, 5.74) is 2.16. The Kier molecular flexibility index (Phi) is 6.54. The van der Waals surface area contributed by atoms with E-state index in [0.717, 1.165) is 12.0 Å². The van der Waals surface area contributed by atoms with E-state index in [2.05, 4.69) is 5.32 Å². The van der Waals surface area contributed by atoms with Crippen molar-refractivity contribution in [2.75, 3.05) is 19.0 Å². The van der Waals surface area contributed by atoms with Gasteiger partial charge in [0, 0.05) is 12.8 Å². The van der Waals surface area contributed by atoms with Crippen molar-refractivity contribution in [2.24, 2.45) is 0 Å². The third-order valence-corrected chi connectivity index (χ3v) is 3.55. The number of nitrogens with one attached hydrogen (secondary N) is 1. The van der Waals surface area contributed by atoms with Crippen molar-refractivity contribution in [3.63, 3.8) is 0 Å². The predicted octanol–water partition coefficient (Wildman–Crippen LogP) is 3.11. The summed E-state index contributed by atoms with van der Waals surface area (Å²) in [4.78, 5) is 23.3. The van der Waals surface area contributed by atoms with Crippen molar-refractivity contribution in [1.82, 2.24) is 0 Å². The topological polar surface area (TPSA) is 84.9 Å². The quantitative estimate of drug-likeness (QED) is 0.769. The van der Waals surface area contributed by atoms with Crippen LogP contribution in [0.4, 0.5) is 5.69 Å². The zero-order chi connectivity index (χ0) is 18.2. The number of aryl methyl sites for hydroxylation is 1. The number of methoxy groups -OCH3 is 1. The summed E-state index contributed by atoms with van der Waals surface area (Å²) in [6.45, 7) is 2.11. The first kappa shape index (κ1) is 18.5. The molecular weight excluding hydrogens is 322 g/mol. The zero-order valence-corrected chi connectivity index (χ0v) is 14.2. The minimum Gasteiger partial charge on any atom is -0.483 e. The molecule has 1 amide bonds. The van der Waals surface area contributed by atoms with E-state index in [4.69, 9.17) is 14.6 Å². The molecule has 0 aliphatic heterocycles. The largest absolute Gasteiger partial charge is 0.483 e. The van der Waals surface area contributed by atoms with Gasteiger partial charge in [-0.15, -0.1) is 0 Å². The van der Waals surface area contributed by atoms with Crippen LogP contribution in [0.2, 0.25) is 0 Å². The van der Waals surface area contributed by atoms with Crippen LogP contribution < -0.4 is 10.1 Å². The van der Waals surface area contributed by atoms with Gasteiger partial charge in [-0.3, -0.25) is 4.79 Å². The van der Waals surface area contributed by atoms with E-state index in [-0.39, 0.29) is 24.7 Å². The lowest BCUT2D eigenvalue weighted by Crippen LogP contribution is -2.21. The molecule has 0 radical (unpaired) electrons. The second-order valence-corrected chi connectivity index (χ2v) is 5.45. The van der Waals surface area contributed by atoms with Crippen LogP contribution in [-0.4, -0.2) is 30.7 Å². The fourth-order valence-electron chi connectivity index (χ4n) is 2.41. The van der Waals surface area contributed by atoms with Crippen LogP contribution in [0, 0.1) is 0 Å². The summed E-state index contributed by atoms with van der Waals surface area (Å²) in [6.07, 6.45) is 0.804. The third-order valence-electron chi connectivity index (χ3n) is 3.55. The first-order valence-electron chi connectivity index (χ1n) is 7.90. The number of amides is 1. The fourth-order valence-corrected chi connectivity index (χ4v) is 2.41. The Morgan fingerprint density at radius 3 is 2.60 bits per heavy atom. The average molecular weight is 343 g/mol. The molecule has 0 aliphatic carbocycles. The summed E-state index contributed by atoms with van der Waals surface area (Å²) in [7, 11) is 1.52. The third kappa shape index (κ3) is 5.32. The van der Waals surface area contributed by atoms with Crippen molar-refractivity contribution in [3.8, 4) is 5.75 Å². The van der Waals surface area contributed by atoms with Gasteiger partial charge in [-0.2, -0.15) is 0 Å². The van der Waals surface area contributed by atoms with Gasteiger partial charge in [0.05, 0.1) is 12.2 Å². The molecule has 0 bridgehead atoms. The van der Waals surface area contributed by atoms with Gasteiger partial charge >= 0.3 is 5.97 Å². The number of aromatic carboxylic acids is 1. The molecular formula is C19H21NO5. The molecule has 2 aromatic carbocycles. The van der Waals surface area contributed by atoms with Crippen LogP contribution >= 0.6 is 0 Å². The normalized spacial score (nSPS) is 10.3. The number of rotatable bonds is 8. The highest BCUT2D eigenvalue weighted by Gasteiger charge is 2.11. The van der Waals surface area contributed by atoms with Gasteiger partial charge in [0.25, 0.3) is 5.91 Å². The molecule has 0 aromatic heterocycles. The summed E-state index contributed by atoms with van der Waals surface area (Å²) >= 11 is 0. The van der Waals surface area contributed by atoms with Gasteiger partial charge in [-0.1, -0.05) is 25.1 Å². The fraction of sp³-hybridized carbons (Fsp3) is 0.263. The number of ether oxygens (including phenoxy) is 2. The SMILES string of the molecule is CCc1ccccc1OCC(=O)Nc1cc(COC)cc(C(=O)O)c1. The van der Waals surface area contributed by atoms with Gasteiger partial charge < -0.3 is 19.9 Å². The van der Waals surface area contributed by atoms with Crippen LogP contribution in [0.15, 0.2) is 42.5 Å². The molecule has 2 rings (SSSR count). The van der Waals surface area contributed by atoms with Crippen molar-refractivity contribution in [1.29, 1.82) is 0 Å². The molecule has 2 N–H and O–H groups in total. The number of carbonyl (C=O) groups is 2. The maximum Gasteiger partial charge on any atom is 0.335 e. The highest BCUT2D eigenvalue weighted by atomic mass is 16.5. The first-order valence-corrected chi connectivity index (χ1v) is 7.90. The van der Waals surface area contributed by atoms with Crippen LogP contribution in [0.3, 0.4) is 0 Å². The number of benzene rings is 2. The zero-order valence-electron chi connectivity index (χ0n) is 14.2. The minimum atomic E-state index is -1.07. The molecule has 0 aliphatic rings. The van der Waals surface area contributed by atoms with Crippen LogP contribution in [-0.2, 0) is 22.6 Å². The van der Waals surface area contributed by atoms with Gasteiger partial charge in [0.1, 0.15) is 5.75 Å². The minimum absolute atomic E-state index is 0.0853. The Morgan fingerprint density at radius 1 is 1.16 bits per heavy atom. The van der Waals surface area contributed by atoms with E-state index in [1.54, 1.807) is 6.07 Å². The molecule has 0 heterocycles. The van der Waals surface area contributed by atoms with E-state index in [0.29, 0.717) is 17.0 Å². The Balaban J connectivity index is 2.05. The van der Waals surface area contributed by atoms with E-state index in [1.807, 2.05) is 31.2 Å². The summed E-state index contributed by atoms with van der Waals surface area (Å²) in [5.74, 6) is -0.766. The number of carboxylic acids is 1. The molecule has 0 unspecified atom stereocenters. The second kappa shape index (κ2) is 8.84. The average Bonchev–Trinajstić information content (AvgIpc) is 2.60. The molecule has 2 aromatic rings. The Morgan fingerprint density at radius 2 is 1.92 bits per heavy atom. The maximum absolute atomic E-state index is 12.1. The Hall–Kier alpha value is -2.86. The molecule has 132 valence electrons. The first-order chi connectivity index (χ1) is 12.0. The van der Waals surface area contributed by atoms with Gasteiger partial charge in [0.15, 0.2) is 6.61 Å². The van der Waals surface area contributed by atoms with Crippen LogP contribution in [0.25, 0.3) is 0 Å². The molecule has 0 saturated carbocycles. The smallest absolute Gasteiger partial charge is 0.335 e. The summed E-state index contributed by atoms with van der Waals surface area (Å²) in [5, 5.41) is 11.8. The highest BCUT2D eigenvalue weighted by Crippen LogP contribution is 2.19. The van der Waals surface area contributed by atoms with E-state index < -0.39 is 5.97 Å². The standard InChI is InChI=1S/C19H21NO5/c1-3-14-6-4-5-7-17(14)25-12-18(21)20-16-9-13(11-24-2)8-15(10-16)19(22)23/h4-10H,3,11-12H2,1-2H3,(H,20,21)(H,22,23). The lowest BCUT2D eigenvalue weighted by Gasteiger charge is -2.12. The monoisotopic (exact) mass is 343 g/mol. The van der Waals surface area contributed by atoms with Crippen molar-refractivity contribution in [3.05, 3.63) is 59.2 Å². The number of carboxylic acid groups (broad SMARTS) is 1. The second-order valence-electron chi connectivity index (χ2n) is 5.45. The molecule has 0 saturated heterocycles. The van der Waals surface area contributed by atoms with E-state index >= 15 is 0 Å². The number of para-hydroxylation sites is 1. The van der Waals surface area contributed by atoms with Crippen LogP contribution in [0.5, 0.6) is 5.75 Å². The Bertz CT molecular complexity index is 757. The van der Waals surface area contributed by atoms with E-state index in [9.17, 15) is 9.59 Å².